The summed E-state index contributed by atoms with van der Waals surface area (Å²) < 4.78 is 34.6. The van der Waals surface area contributed by atoms with Crippen molar-refractivity contribution in [2.75, 3.05) is 31.6 Å². The van der Waals surface area contributed by atoms with Gasteiger partial charge in [0.25, 0.3) is 0 Å². The zero-order valence-corrected chi connectivity index (χ0v) is 19.1. The van der Waals surface area contributed by atoms with Gasteiger partial charge in [-0.15, -0.1) is 11.3 Å². The number of anilines is 1. The molecule has 3 heterocycles. The van der Waals surface area contributed by atoms with E-state index in [0.29, 0.717) is 49.9 Å². The number of aryl methyl sites for hydroxylation is 3. The van der Waals surface area contributed by atoms with Gasteiger partial charge in [0.15, 0.2) is 5.13 Å². The molecular formula is C20H25N5O4S2. The van der Waals surface area contributed by atoms with Crippen LogP contribution in [0.3, 0.4) is 0 Å². The molecule has 1 aliphatic rings. The summed E-state index contributed by atoms with van der Waals surface area (Å²) in [4.78, 5) is 22.4. The van der Waals surface area contributed by atoms with Crippen molar-refractivity contribution in [3.8, 4) is 0 Å². The predicted octanol–water partition coefficient (Wildman–Crippen LogP) is 2.41. The van der Waals surface area contributed by atoms with Gasteiger partial charge in [0, 0.05) is 43.5 Å². The van der Waals surface area contributed by atoms with Gasteiger partial charge in [0.05, 0.1) is 29.1 Å². The van der Waals surface area contributed by atoms with E-state index >= 15 is 0 Å². The minimum atomic E-state index is -3.59. The number of hydrogen-bond acceptors (Lipinski definition) is 7. The zero-order chi connectivity index (χ0) is 22.0. The van der Waals surface area contributed by atoms with E-state index in [1.807, 2.05) is 18.4 Å². The first-order valence-corrected chi connectivity index (χ1v) is 12.4. The number of aromatic nitrogens is 3. The van der Waals surface area contributed by atoms with Crippen LogP contribution in [0, 0.1) is 6.92 Å². The molecule has 2 aromatic heterocycles. The summed E-state index contributed by atoms with van der Waals surface area (Å²) in [5.74, 6) is 0.628. The van der Waals surface area contributed by atoms with Crippen LogP contribution in [0.1, 0.15) is 24.0 Å². The molecule has 31 heavy (non-hydrogen) atoms. The number of carbonyl (C=O) groups is 1. The van der Waals surface area contributed by atoms with Gasteiger partial charge in [-0.1, -0.05) is 0 Å². The smallest absolute Gasteiger partial charge is 0.243 e. The number of nitrogens with zero attached hydrogens (tertiary/aromatic N) is 4. The van der Waals surface area contributed by atoms with Gasteiger partial charge in [0.1, 0.15) is 5.82 Å². The summed E-state index contributed by atoms with van der Waals surface area (Å²) in [5.41, 5.74) is 1.47. The lowest BCUT2D eigenvalue weighted by Crippen LogP contribution is -2.40. The Labute approximate surface area is 185 Å². The molecule has 1 aromatic carbocycles. The van der Waals surface area contributed by atoms with E-state index in [9.17, 15) is 13.2 Å². The highest BCUT2D eigenvalue weighted by Crippen LogP contribution is 2.24. The number of thiazole rings is 1. The van der Waals surface area contributed by atoms with Crippen molar-refractivity contribution in [2.24, 2.45) is 0 Å². The Morgan fingerprint density at radius 1 is 1.29 bits per heavy atom. The van der Waals surface area contributed by atoms with Crippen LogP contribution in [-0.2, 0) is 32.5 Å². The highest BCUT2D eigenvalue weighted by Gasteiger charge is 2.27. The Balaban J connectivity index is 1.53. The third-order valence-corrected chi connectivity index (χ3v) is 7.89. The van der Waals surface area contributed by atoms with Gasteiger partial charge in [-0.25, -0.2) is 18.4 Å². The molecule has 0 aliphatic carbocycles. The highest BCUT2D eigenvalue weighted by atomic mass is 32.2. The van der Waals surface area contributed by atoms with Crippen LogP contribution in [0.2, 0.25) is 0 Å². The number of benzene rings is 1. The molecule has 166 valence electrons. The fourth-order valence-electron chi connectivity index (χ4n) is 3.62. The quantitative estimate of drug-likeness (QED) is 0.577. The molecule has 1 saturated heterocycles. The van der Waals surface area contributed by atoms with E-state index in [0.717, 1.165) is 16.2 Å². The first-order chi connectivity index (χ1) is 14.9. The van der Waals surface area contributed by atoms with Crippen LogP contribution in [-0.4, -0.2) is 59.5 Å². The monoisotopic (exact) mass is 463 g/mol. The fraction of sp³-hybridized carbons (Fsp3) is 0.450. The van der Waals surface area contributed by atoms with Gasteiger partial charge < -0.3 is 14.6 Å². The van der Waals surface area contributed by atoms with Gasteiger partial charge in [0.2, 0.25) is 15.9 Å². The average molecular weight is 464 g/mol. The largest absolute Gasteiger partial charge is 0.379 e. The fourth-order valence-corrected chi connectivity index (χ4v) is 5.73. The van der Waals surface area contributed by atoms with Crippen LogP contribution in [0.15, 0.2) is 29.3 Å². The molecule has 3 aromatic rings. The van der Waals surface area contributed by atoms with Crippen molar-refractivity contribution >= 4 is 43.4 Å². The molecular weight excluding hydrogens is 438 g/mol. The minimum absolute atomic E-state index is 0.125. The number of sulfonamides is 1. The number of fused-ring (bicyclic) bond motifs is 1. The number of imidazole rings is 1. The van der Waals surface area contributed by atoms with Gasteiger partial charge in [-0.3, -0.25) is 4.79 Å². The molecule has 4 rings (SSSR count). The second kappa shape index (κ2) is 9.03. The van der Waals surface area contributed by atoms with Crippen molar-refractivity contribution in [2.45, 2.75) is 38.1 Å². The molecule has 1 fully saturated rings. The third-order valence-electron chi connectivity index (χ3n) is 5.17. The third kappa shape index (κ3) is 4.64. The van der Waals surface area contributed by atoms with E-state index in [-0.39, 0.29) is 17.2 Å². The summed E-state index contributed by atoms with van der Waals surface area (Å²) in [6.45, 7) is 6.11. The Morgan fingerprint density at radius 3 is 2.74 bits per heavy atom. The van der Waals surface area contributed by atoms with E-state index in [1.165, 1.54) is 15.6 Å². The van der Waals surface area contributed by atoms with Crippen molar-refractivity contribution in [3.05, 3.63) is 35.1 Å². The molecule has 1 amide bonds. The number of morpholine rings is 1. The standard InChI is InChI=1S/C20H25N5O4S2/c1-3-25-17-5-4-15(31(27,28)24-8-10-29-11-9-24)12-16(17)22-18(25)6-7-19(26)23-20-21-13-14(2)30-20/h4-5,12-13H,3,6-11H2,1-2H3,(H,21,23,26). The number of amides is 1. The molecule has 1 aliphatic heterocycles. The Hall–Kier alpha value is -2.34. The number of nitrogens with one attached hydrogen (secondary N) is 1. The number of ether oxygens (including phenoxy) is 1. The van der Waals surface area contributed by atoms with Gasteiger partial charge in [-0.2, -0.15) is 4.31 Å². The summed E-state index contributed by atoms with van der Waals surface area (Å²) in [6.07, 6.45) is 2.44. The summed E-state index contributed by atoms with van der Waals surface area (Å²) in [7, 11) is -3.59. The van der Waals surface area contributed by atoms with Crippen LogP contribution >= 0.6 is 11.3 Å². The number of carbonyl (C=O) groups excluding carboxylic acids is 1. The van der Waals surface area contributed by atoms with E-state index in [2.05, 4.69) is 15.3 Å². The maximum atomic E-state index is 13.0. The Bertz CT molecular complexity index is 1200. The van der Waals surface area contributed by atoms with Crippen molar-refractivity contribution in [1.29, 1.82) is 0 Å². The first-order valence-electron chi connectivity index (χ1n) is 10.2. The summed E-state index contributed by atoms with van der Waals surface area (Å²) in [6, 6.07) is 5.04. The Morgan fingerprint density at radius 2 is 2.06 bits per heavy atom. The van der Waals surface area contributed by atoms with E-state index in [1.54, 1.807) is 24.4 Å². The van der Waals surface area contributed by atoms with Gasteiger partial charge >= 0.3 is 0 Å². The Kier molecular flexibility index (Phi) is 6.37. The van der Waals surface area contributed by atoms with Crippen LogP contribution in [0.5, 0.6) is 0 Å². The molecule has 0 unspecified atom stereocenters. The predicted molar refractivity (Wildman–Crippen MR) is 119 cm³/mol. The minimum Gasteiger partial charge on any atom is -0.379 e. The van der Waals surface area contributed by atoms with Crippen LogP contribution < -0.4 is 5.32 Å². The molecule has 1 N–H and O–H groups in total. The second-order valence-corrected chi connectivity index (χ2v) is 10.4. The SMILES string of the molecule is CCn1c(CCC(=O)Nc2ncc(C)s2)nc2cc(S(=O)(=O)N3CCOCC3)ccc21. The normalized spacial score (nSPS) is 15.4. The lowest BCUT2D eigenvalue weighted by molar-refractivity contribution is -0.116. The van der Waals surface area contributed by atoms with Crippen molar-refractivity contribution < 1.29 is 17.9 Å². The second-order valence-electron chi connectivity index (χ2n) is 7.26. The van der Waals surface area contributed by atoms with Crippen molar-refractivity contribution in [1.82, 2.24) is 18.8 Å². The lowest BCUT2D eigenvalue weighted by atomic mass is 10.3. The van der Waals surface area contributed by atoms with Crippen LogP contribution in [0.4, 0.5) is 5.13 Å². The zero-order valence-electron chi connectivity index (χ0n) is 17.5. The number of hydrogen-bond donors (Lipinski definition) is 1. The van der Waals surface area contributed by atoms with Gasteiger partial charge in [-0.05, 0) is 32.0 Å². The maximum absolute atomic E-state index is 13.0. The summed E-state index contributed by atoms with van der Waals surface area (Å²) in [5, 5.41) is 3.39. The molecule has 0 atom stereocenters. The lowest BCUT2D eigenvalue weighted by Gasteiger charge is -2.26. The number of rotatable bonds is 7. The topological polar surface area (TPSA) is 106 Å². The van der Waals surface area contributed by atoms with Crippen LogP contribution in [0.25, 0.3) is 11.0 Å². The molecule has 0 saturated carbocycles. The highest BCUT2D eigenvalue weighted by molar-refractivity contribution is 7.89. The molecule has 9 nitrogen and oxygen atoms in total. The maximum Gasteiger partial charge on any atom is 0.243 e. The van der Waals surface area contributed by atoms with E-state index < -0.39 is 10.0 Å². The molecule has 0 radical (unpaired) electrons. The molecule has 0 bridgehead atoms. The average Bonchev–Trinajstić information content (AvgIpc) is 3.34. The summed E-state index contributed by atoms with van der Waals surface area (Å²) >= 11 is 1.43. The van der Waals surface area contributed by atoms with E-state index in [4.69, 9.17) is 4.74 Å². The first kappa shape index (κ1) is 21.9. The van der Waals surface area contributed by atoms with Crippen molar-refractivity contribution in [3.63, 3.8) is 0 Å². The molecule has 11 heteroatoms. The molecule has 0 spiro atoms.